The second kappa shape index (κ2) is 4.29. The summed E-state index contributed by atoms with van der Waals surface area (Å²) in [4.78, 5) is 0. The van der Waals surface area contributed by atoms with E-state index in [0.717, 1.165) is 22.4 Å². The highest BCUT2D eigenvalue weighted by Crippen LogP contribution is 2.07. The predicted molar refractivity (Wildman–Crippen MR) is 58.1 cm³/mol. The molecule has 0 amide bonds. The second-order valence-electron chi connectivity index (χ2n) is 4.23. The highest BCUT2D eigenvalue weighted by molar-refractivity contribution is 5.91. The van der Waals surface area contributed by atoms with E-state index in [4.69, 9.17) is 11.1 Å². The molecule has 4 heteroatoms. The third-order valence-corrected chi connectivity index (χ3v) is 2.15. The molecular formula is C11H18N3O+. The molecule has 0 aliphatic rings. The largest absolute Gasteiger partial charge is 0.378 e. The Bertz CT molecular complexity index is 386. The SMILES string of the molecule is Cc1cc(CC(C)C)[n+](O)c(C(=N)N)c1. The van der Waals surface area contributed by atoms with Crippen LogP contribution >= 0.6 is 0 Å². The van der Waals surface area contributed by atoms with Gasteiger partial charge in [-0.3, -0.25) is 10.6 Å². The van der Waals surface area contributed by atoms with E-state index in [0.29, 0.717) is 11.6 Å². The van der Waals surface area contributed by atoms with Crippen molar-refractivity contribution in [2.24, 2.45) is 11.7 Å². The summed E-state index contributed by atoms with van der Waals surface area (Å²) in [7, 11) is 0. The van der Waals surface area contributed by atoms with Crippen LogP contribution in [0.5, 0.6) is 0 Å². The van der Waals surface area contributed by atoms with E-state index in [9.17, 15) is 5.21 Å². The van der Waals surface area contributed by atoms with Gasteiger partial charge in [0.2, 0.25) is 5.69 Å². The average Bonchev–Trinajstić information content (AvgIpc) is 2.09. The Morgan fingerprint density at radius 2 is 2.13 bits per heavy atom. The van der Waals surface area contributed by atoms with Crippen LogP contribution in [-0.2, 0) is 6.42 Å². The first-order valence-electron chi connectivity index (χ1n) is 5.01. The van der Waals surface area contributed by atoms with Crippen molar-refractivity contribution in [1.82, 2.24) is 0 Å². The number of nitrogen functional groups attached to an aromatic ring is 1. The molecule has 0 aliphatic heterocycles. The lowest BCUT2D eigenvalue weighted by Gasteiger charge is -2.04. The Balaban J connectivity index is 3.22. The first-order valence-corrected chi connectivity index (χ1v) is 5.01. The number of hydrogen-bond acceptors (Lipinski definition) is 2. The summed E-state index contributed by atoms with van der Waals surface area (Å²) < 4.78 is 1.01. The van der Waals surface area contributed by atoms with Crippen LogP contribution in [0.2, 0.25) is 0 Å². The minimum Gasteiger partial charge on any atom is -0.378 e. The summed E-state index contributed by atoms with van der Waals surface area (Å²) >= 11 is 0. The van der Waals surface area contributed by atoms with Crippen molar-refractivity contribution < 1.29 is 9.94 Å². The van der Waals surface area contributed by atoms with Crippen molar-refractivity contribution in [1.29, 1.82) is 5.41 Å². The van der Waals surface area contributed by atoms with E-state index < -0.39 is 0 Å². The van der Waals surface area contributed by atoms with Crippen molar-refractivity contribution >= 4 is 5.84 Å². The molecule has 1 aromatic rings. The van der Waals surface area contributed by atoms with Gasteiger partial charge in [0.05, 0.1) is 0 Å². The van der Waals surface area contributed by atoms with Gasteiger partial charge in [0.1, 0.15) is 0 Å². The Morgan fingerprint density at radius 3 is 2.60 bits per heavy atom. The lowest BCUT2D eigenvalue weighted by molar-refractivity contribution is -0.910. The molecule has 0 unspecified atom stereocenters. The zero-order valence-electron chi connectivity index (χ0n) is 9.41. The molecule has 0 saturated carbocycles. The number of amidine groups is 1. The highest BCUT2D eigenvalue weighted by Gasteiger charge is 2.20. The van der Waals surface area contributed by atoms with Crippen LogP contribution in [0.15, 0.2) is 12.1 Å². The minimum absolute atomic E-state index is 0.119. The molecule has 0 radical (unpaired) electrons. The third kappa shape index (κ3) is 2.68. The van der Waals surface area contributed by atoms with Gasteiger partial charge in [-0.15, -0.1) is 0 Å². The number of aryl methyl sites for hydroxylation is 1. The fourth-order valence-electron chi connectivity index (χ4n) is 1.55. The molecule has 0 bridgehead atoms. The lowest BCUT2D eigenvalue weighted by atomic mass is 10.1. The van der Waals surface area contributed by atoms with Crippen molar-refractivity contribution in [3.63, 3.8) is 0 Å². The van der Waals surface area contributed by atoms with Crippen molar-refractivity contribution in [3.8, 4) is 0 Å². The first-order chi connectivity index (χ1) is 6.91. The maximum absolute atomic E-state index is 9.83. The van der Waals surface area contributed by atoms with Gasteiger partial charge in [-0.05, 0) is 18.4 Å². The summed E-state index contributed by atoms with van der Waals surface area (Å²) in [6, 6.07) is 3.61. The normalized spacial score (nSPS) is 10.7. The molecule has 1 heterocycles. The van der Waals surface area contributed by atoms with Crippen molar-refractivity contribution in [3.05, 3.63) is 29.1 Å². The maximum Gasteiger partial charge on any atom is 0.298 e. The van der Waals surface area contributed by atoms with E-state index in [1.165, 1.54) is 0 Å². The fourth-order valence-corrected chi connectivity index (χ4v) is 1.55. The number of nitrogens with zero attached hydrogens (tertiary/aromatic N) is 1. The van der Waals surface area contributed by atoms with Gasteiger partial charge in [0.25, 0.3) is 5.69 Å². The van der Waals surface area contributed by atoms with Crippen LogP contribution in [0, 0.1) is 18.3 Å². The van der Waals surface area contributed by atoms with E-state index in [-0.39, 0.29) is 5.84 Å². The zero-order chi connectivity index (χ0) is 11.6. The molecule has 4 nitrogen and oxygen atoms in total. The van der Waals surface area contributed by atoms with Gasteiger partial charge in [0, 0.05) is 23.3 Å². The summed E-state index contributed by atoms with van der Waals surface area (Å²) in [6.07, 6.45) is 0.762. The lowest BCUT2D eigenvalue weighted by Crippen LogP contribution is -2.44. The summed E-state index contributed by atoms with van der Waals surface area (Å²) in [6.45, 7) is 6.09. The molecule has 15 heavy (non-hydrogen) atoms. The molecular weight excluding hydrogens is 190 g/mol. The Hall–Kier alpha value is -1.58. The Kier molecular flexibility index (Phi) is 3.29. The molecule has 0 fully saturated rings. The van der Waals surface area contributed by atoms with Gasteiger partial charge < -0.3 is 5.73 Å². The fraction of sp³-hybridized carbons (Fsp3) is 0.455. The summed E-state index contributed by atoms with van der Waals surface area (Å²) in [5.41, 5.74) is 7.53. The van der Waals surface area contributed by atoms with E-state index >= 15 is 0 Å². The van der Waals surface area contributed by atoms with Crippen LogP contribution in [-0.4, -0.2) is 11.0 Å². The van der Waals surface area contributed by atoms with E-state index in [1.54, 1.807) is 6.07 Å². The quantitative estimate of drug-likeness (QED) is 0.300. The third-order valence-electron chi connectivity index (χ3n) is 2.15. The maximum atomic E-state index is 9.83. The second-order valence-corrected chi connectivity index (χ2v) is 4.23. The first kappa shape index (κ1) is 11.5. The Morgan fingerprint density at radius 1 is 1.53 bits per heavy atom. The van der Waals surface area contributed by atoms with Crippen molar-refractivity contribution in [2.75, 3.05) is 0 Å². The van der Waals surface area contributed by atoms with Gasteiger partial charge in [-0.25, -0.2) is 0 Å². The van der Waals surface area contributed by atoms with Gasteiger partial charge in [-0.1, -0.05) is 13.8 Å². The molecule has 82 valence electrons. The minimum atomic E-state index is -0.119. The van der Waals surface area contributed by atoms with Crippen LogP contribution in [0.25, 0.3) is 0 Å². The number of nitrogens with one attached hydrogen (secondary N) is 1. The Labute approximate surface area is 89.8 Å². The number of rotatable bonds is 3. The van der Waals surface area contributed by atoms with E-state index in [1.807, 2.05) is 13.0 Å². The summed E-state index contributed by atoms with van der Waals surface area (Å²) in [5.74, 6) is 0.330. The van der Waals surface area contributed by atoms with Gasteiger partial charge >= 0.3 is 0 Å². The highest BCUT2D eigenvalue weighted by atomic mass is 16.5. The molecule has 0 saturated heterocycles. The number of hydrogen-bond donors (Lipinski definition) is 3. The summed E-state index contributed by atoms with van der Waals surface area (Å²) in [5, 5.41) is 17.2. The molecule has 0 spiro atoms. The molecule has 0 aromatic carbocycles. The number of aromatic nitrogens is 1. The topological polar surface area (TPSA) is 74.0 Å². The van der Waals surface area contributed by atoms with Gasteiger partial charge in [-0.2, -0.15) is 0 Å². The molecule has 4 N–H and O–H groups in total. The predicted octanol–water partition coefficient (Wildman–Crippen LogP) is 1.00. The average molecular weight is 208 g/mol. The monoisotopic (exact) mass is 208 g/mol. The standard InChI is InChI=1S/C11H18N3O/c1-7(2)4-9-5-8(3)6-10(11(12)13)14(9)15/h5-7,15H,4H2,1-3H3,(H3,12,13)/q+1. The number of nitrogens with two attached hydrogens (primary N) is 1. The van der Waals surface area contributed by atoms with E-state index in [2.05, 4.69) is 13.8 Å². The van der Waals surface area contributed by atoms with Gasteiger partial charge in [0.15, 0.2) is 5.84 Å². The molecule has 1 rings (SSSR count). The molecule has 1 aromatic heterocycles. The van der Waals surface area contributed by atoms with Crippen LogP contribution in [0.4, 0.5) is 0 Å². The van der Waals surface area contributed by atoms with Crippen LogP contribution < -0.4 is 10.5 Å². The molecule has 0 atom stereocenters. The smallest absolute Gasteiger partial charge is 0.298 e. The van der Waals surface area contributed by atoms with Crippen LogP contribution in [0.1, 0.15) is 30.8 Å². The number of pyridine rings is 1. The molecule has 0 aliphatic carbocycles. The van der Waals surface area contributed by atoms with Crippen LogP contribution in [0.3, 0.4) is 0 Å². The zero-order valence-corrected chi connectivity index (χ0v) is 9.41. The van der Waals surface area contributed by atoms with Crippen molar-refractivity contribution in [2.45, 2.75) is 27.2 Å².